The molecule has 72 heavy (non-hydrogen) atoms. The molecular formula is C48H63Na3O18S3. The predicted molar refractivity (Wildman–Crippen MR) is 280 cm³/mol. The van der Waals surface area contributed by atoms with E-state index in [0.29, 0.717) is 18.2 Å². The van der Waals surface area contributed by atoms with Crippen LogP contribution in [0.5, 0.6) is 0 Å². The van der Waals surface area contributed by atoms with Gasteiger partial charge in [-0.3, -0.25) is 32.5 Å². The minimum atomic E-state index is -4.84. The van der Waals surface area contributed by atoms with E-state index in [4.69, 9.17) is 37.8 Å². The van der Waals surface area contributed by atoms with E-state index in [-0.39, 0.29) is 113 Å². The average Bonchev–Trinajstić information content (AvgIpc) is 3.32. The van der Waals surface area contributed by atoms with Gasteiger partial charge >= 0.3 is 113 Å². The molecule has 0 saturated carbocycles. The molecule has 0 fully saturated rings. The summed E-state index contributed by atoms with van der Waals surface area (Å²) in [6.45, 7) is 6.36. The van der Waals surface area contributed by atoms with Crippen molar-refractivity contribution in [3.63, 3.8) is 0 Å². The number of hydrogen-bond donors (Lipinski definition) is 4. The summed E-state index contributed by atoms with van der Waals surface area (Å²) in [4.78, 5) is 51.7. The second-order valence-corrected chi connectivity index (χ2v) is 19.5. The van der Waals surface area contributed by atoms with Crippen molar-refractivity contribution in [3.05, 3.63) is 127 Å². The average molecular weight is 1090 g/mol. The molecule has 0 spiro atoms. The molecule has 5 aromatic carbocycles. The molecule has 2 atom stereocenters. The smallest absolute Gasteiger partial charge is 0.0184 e. The van der Waals surface area contributed by atoms with Crippen molar-refractivity contribution in [2.45, 2.75) is 100 Å². The normalized spacial score (nSPS) is 11.3. The first-order valence-electron chi connectivity index (χ1n) is 21.5. The number of carbonyl (C=O) groups is 5. The fourth-order valence-electron chi connectivity index (χ4n) is 5.84. The van der Waals surface area contributed by atoms with Gasteiger partial charge in [-0.25, -0.2) is 0 Å². The number of carboxylic acids is 2. The Labute approximate surface area is 488 Å². The number of unbranched alkanes of at least 4 members (excludes halogenated alkanes) is 6. The van der Waals surface area contributed by atoms with E-state index in [0.717, 1.165) is 49.5 Å². The van der Waals surface area contributed by atoms with E-state index in [1.165, 1.54) is 10.8 Å². The van der Waals surface area contributed by atoms with Gasteiger partial charge in [-0.2, -0.15) is 25.3 Å². The van der Waals surface area contributed by atoms with Crippen LogP contribution in [0.3, 0.4) is 0 Å². The van der Waals surface area contributed by atoms with Gasteiger partial charge in [-0.1, -0.05) is 168 Å². The number of carbonyl (C=O) groups excluding carboxylic acids is 3. The number of aliphatic carboxylic acids is 2. The van der Waals surface area contributed by atoms with Crippen molar-refractivity contribution in [1.82, 2.24) is 0 Å². The van der Waals surface area contributed by atoms with Crippen molar-refractivity contribution >= 4 is 171 Å². The summed E-state index contributed by atoms with van der Waals surface area (Å²) in [6, 6.07) is 38.5. The van der Waals surface area contributed by atoms with Crippen LogP contribution in [-0.4, -0.2) is 188 Å². The molecule has 2 unspecified atom stereocenters. The number of carboxylic acid groups (broad SMARTS) is 2. The van der Waals surface area contributed by atoms with Gasteiger partial charge in [0.15, 0.2) is 10.5 Å². The second-order valence-electron chi connectivity index (χ2n) is 14.7. The minimum absolute atomic E-state index is 0. The summed E-state index contributed by atoms with van der Waals surface area (Å²) < 4.78 is 100. The van der Waals surface area contributed by atoms with Crippen molar-refractivity contribution in [3.8, 4) is 0 Å². The molecule has 5 aromatic rings. The third-order valence-electron chi connectivity index (χ3n) is 9.37. The van der Waals surface area contributed by atoms with Gasteiger partial charge < -0.3 is 24.5 Å². The maximum atomic E-state index is 12.4. The number of fused-ring (bicyclic) bond motifs is 2. The molecule has 5 rings (SSSR count). The largest absolute Gasteiger partial charge is 0.0616 e. The summed E-state index contributed by atoms with van der Waals surface area (Å²) >= 11 is 0. The first-order chi connectivity index (χ1) is 32.7. The van der Waals surface area contributed by atoms with Gasteiger partial charge in [0.1, 0.15) is 11.7 Å². The van der Waals surface area contributed by atoms with Crippen LogP contribution in [-0.2, 0) is 74.6 Å². The molecule has 0 heterocycles. The fourth-order valence-corrected chi connectivity index (χ4v) is 8.22. The first-order valence-corrected chi connectivity index (χ1v) is 26.0. The number of rotatable bonds is 22. The van der Waals surface area contributed by atoms with Crippen LogP contribution in [0, 0.1) is 0 Å². The molecular weight excluding hydrogens is 1030 g/mol. The zero-order valence-corrected chi connectivity index (χ0v) is 40.8. The zero-order valence-electron chi connectivity index (χ0n) is 38.3. The maximum absolute atomic E-state index is 12.4. The van der Waals surface area contributed by atoms with Gasteiger partial charge in [-0.05, 0) is 40.6 Å². The fraction of sp³-hybridized carbons (Fsp3) is 0.354. The topological polar surface area (TPSA) is 296 Å². The molecule has 4 N–H and O–H groups in total. The van der Waals surface area contributed by atoms with Crippen LogP contribution in [0.2, 0.25) is 0 Å². The minimum Gasteiger partial charge on any atom is -0.0616 e. The van der Waals surface area contributed by atoms with Gasteiger partial charge in [0, 0.05) is 5.39 Å². The van der Waals surface area contributed by atoms with Crippen molar-refractivity contribution < 1.29 is 82.2 Å². The van der Waals surface area contributed by atoms with Crippen molar-refractivity contribution in [2.24, 2.45) is 0 Å². The number of ether oxygens (including phenoxy) is 2. The molecule has 0 aliphatic carbocycles. The third-order valence-corrected chi connectivity index (χ3v) is 12.9. The SMILES string of the molecule is C=O.CCCCCCOC(=O)CC(C(=O)OCCCCCC)S(=O)(=O)O.O=C(O)CC(C(=O)O)S(=O)(=O)O.O=S(=O)(OCc1ccccc1)c1cccc2ccccc12.[NaH].[NaH].[NaH].c1ccc2ccccc2c1. The summed E-state index contributed by atoms with van der Waals surface area (Å²) in [5.74, 6) is -5.45. The number of esters is 2. The molecule has 24 heteroatoms. The van der Waals surface area contributed by atoms with Crippen LogP contribution >= 0.6 is 0 Å². The molecule has 0 aliphatic heterocycles. The van der Waals surface area contributed by atoms with Crippen molar-refractivity contribution in [1.29, 1.82) is 0 Å². The van der Waals surface area contributed by atoms with Crippen molar-refractivity contribution in [2.75, 3.05) is 13.2 Å². The second kappa shape index (κ2) is 40.2. The molecule has 0 aromatic heterocycles. The van der Waals surface area contributed by atoms with Crippen LogP contribution in [0.25, 0.3) is 21.5 Å². The summed E-state index contributed by atoms with van der Waals surface area (Å²) in [5.41, 5.74) is 0.821. The Morgan fingerprint density at radius 2 is 0.958 bits per heavy atom. The number of benzene rings is 5. The predicted octanol–water partition coefficient (Wildman–Crippen LogP) is 6.14. The molecule has 0 aliphatic rings. The van der Waals surface area contributed by atoms with E-state index < -0.39 is 77.6 Å². The Hall–Kier alpha value is -3.10. The van der Waals surface area contributed by atoms with E-state index in [2.05, 4.69) is 55.5 Å². The summed E-state index contributed by atoms with van der Waals surface area (Å²) in [5, 5.41) is 16.2. The zero-order chi connectivity index (χ0) is 51.9. The monoisotopic (exact) mass is 1090 g/mol. The van der Waals surface area contributed by atoms with Crippen LogP contribution in [0.1, 0.15) is 83.6 Å². The quantitative estimate of drug-likeness (QED) is 0.0199. The molecule has 0 saturated heterocycles. The Morgan fingerprint density at radius 3 is 1.39 bits per heavy atom. The Morgan fingerprint density at radius 1 is 0.528 bits per heavy atom. The van der Waals surface area contributed by atoms with Crippen LogP contribution < -0.4 is 0 Å². The van der Waals surface area contributed by atoms with E-state index >= 15 is 0 Å². The standard InChI is InChI=1S/C17H14O3S.C16H30O7S.C10H8.C4H6O7S.CH2O.3Na.3H/c18-21(19,20-13-14-7-2-1-3-8-14)17-12-6-10-15-9-4-5-11-16(15)17;1-3-5-7-9-11-22-15(17)13-14(24(19,20)21)16(18)23-12-10-8-6-4-2;1-2-6-10-8-4-3-7-9(10)5-1;5-3(6)1-2(4(7)8)12(9,10)11;1-2;;;;;;/h1-12H,13H2;14H,3-13H2,1-2H3,(H,19,20,21);1-8H;2H,1H2,(H,5,6)(H,7,8)(H,9,10,11);1H2;;;;;;. The molecule has 0 bridgehead atoms. The van der Waals surface area contributed by atoms with Crippen LogP contribution in [0.4, 0.5) is 0 Å². The summed E-state index contributed by atoms with van der Waals surface area (Å²) in [7, 11) is -13.3. The van der Waals surface area contributed by atoms with Gasteiger partial charge in [-0.15, -0.1) is 0 Å². The third kappa shape index (κ3) is 30.3. The Bertz CT molecular complexity index is 2620. The van der Waals surface area contributed by atoms with Gasteiger partial charge in [0.25, 0.3) is 30.4 Å². The molecule has 18 nitrogen and oxygen atoms in total. The maximum Gasteiger partial charge on any atom is -0.0184 e. The van der Waals surface area contributed by atoms with E-state index in [1.54, 1.807) is 18.2 Å². The number of hydrogen-bond acceptors (Lipinski definition) is 14. The van der Waals surface area contributed by atoms with E-state index in [9.17, 15) is 44.4 Å². The first kappa shape index (κ1) is 73.1. The molecule has 384 valence electrons. The Kier molecular flexibility index (Phi) is 40.9. The van der Waals surface area contributed by atoms with E-state index in [1.807, 2.05) is 68.3 Å². The van der Waals surface area contributed by atoms with Crippen LogP contribution in [0.15, 0.2) is 126 Å². The summed E-state index contributed by atoms with van der Waals surface area (Å²) in [6.07, 6.45) is 5.24. The molecule has 0 radical (unpaired) electrons. The van der Waals surface area contributed by atoms with Gasteiger partial charge in [0.05, 0.1) is 32.7 Å². The molecule has 0 amide bonds. The van der Waals surface area contributed by atoms with Gasteiger partial charge in [0.2, 0.25) is 0 Å². The Balaban J connectivity index is -0.000000901.